The monoisotopic (exact) mass is 409 g/mol. The first-order valence-corrected chi connectivity index (χ1v) is 9.45. The second-order valence-corrected chi connectivity index (χ2v) is 8.66. The van der Waals surface area contributed by atoms with Crippen molar-refractivity contribution in [3.8, 4) is 17.6 Å². The van der Waals surface area contributed by atoms with E-state index in [-0.39, 0.29) is 28.2 Å². The number of ether oxygens (including phenoxy) is 1. The second-order valence-electron chi connectivity index (χ2n) is 6.71. The third-order valence-electron chi connectivity index (χ3n) is 4.14. The molecule has 5 nitrogen and oxygen atoms in total. The van der Waals surface area contributed by atoms with Crippen LogP contribution in [0.3, 0.4) is 0 Å². The molecule has 1 aliphatic rings. The average Bonchev–Trinajstić information content (AvgIpc) is 2.58. The minimum absolute atomic E-state index is 0.0876. The molecule has 0 fully saturated rings. The zero-order valence-corrected chi connectivity index (χ0v) is 15.5. The molecule has 2 aromatic rings. The SMILES string of the molecule is CC1(C)C=C(c2ccc(C#N)cc2O)c2cc(S(=O)(=O)C(F)(F)F)ccc2O1. The highest BCUT2D eigenvalue weighted by molar-refractivity contribution is 7.92. The summed E-state index contributed by atoms with van der Waals surface area (Å²) in [5.74, 6) is -0.0922. The minimum atomic E-state index is -5.55. The van der Waals surface area contributed by atoms with Crippen molar-refractivity contribution in [3.63, 3.8) is 0 Å². The highest BCUT2D eigenvalue weighted by Gasteiger charge is 2.47. The first-order chi connectivity index (χ1) is 12.9. The largest absolute Gasteiger partial charge is 0.507 e. The fraction of sp³-hybridized carbons (Fsp3) is 0.211. The molecule has 146 valence electrons. The van der Waals surface area contributed by atoms with Gasteiger partial charge >= 0.3 is 5.51 Å². The predicted octanol–water partition coefficient (Wildman–Crippen LogP) is 4.16. The number of nitrogens with zero attached hydrogens (tertiary/aromatic N) is 1. The Morgan fingerprint density at radius 3 is 2.36 bits per heavy atom. The van der Waals surface area contributed by atoms with Gasteiger partial charge in [0, 0.05) is 11.1 Å². The van der Waals surface area contributed by atoms with Crippen LogP contribution in [0.25, 0.3) is 5.57 Å². The Morgan fingerprint density at radius 2 is 1.79 bits per heavy atom. The highest BCUT2D eigenvalue weighted by atomic mass is 32.2. The number of aromatic hydroxyl groups is 1. The van der Waals surface area contributed by atoms with Crippen molar-refractivity contribution in [2.45, 2.75) is 29.9 Å². The second kappa shape index (κ2) is 6.27. The Balaban J connectivity index is 2.25. The first-order valence-electron chi connectivity index (χ1n) is 7.97. The molecule has 0 amide bonds. The fourth-order valence-electron chi connectivity index (χ4n) is 2.90. The van der Waals surface area contributed by atoms with Gasteiger partial charge in [0.05, 0.1) is 16.5 Å². The Kier molecular flexibility index (Phi) is 4.43. The number of hydrogen-bond donors (Lipinski definition) is 1. The number of sulfone groups is 1. The van der Waals surface area contributed by atoms with Crippen LogP contribution in [0.2, 0.25) is 0 Å². The molecule has 1 aliphatic heterocycles. The molecule has 1 heterocycles. The molecular formula is C19H14F3NO4S. The number of benzene rings is 2. The molecule has 2 aromatic carbocycles. The number of phenols is 1. The van der Waals surface area contributed by atoms with Crippen molar-refractivity contribution >= 4 is 15.4 Å². The Bertz CT molecular complexity index is 1140. The van der Waals surface area contributed by atoms with Crippen LogP contribution in [-0.4, -0.2) is 24.6 Å². The van der Waals surface area contributed by atoms with Gasteiger partial charge in [0.1, 0.15) is 17.1 Å². The van der Waals surface area contributed by atoms with Crippen molar-refractivity contribution in [2.24, 2.45) is 0 Å². The van der Waals surface area contributed by atoms with Crippen LogP contribution >= 0.6 is 0 Å². The van der Waals surface area contributed by atoms with Crippen molar-refractivity contribution in [3.05, 3.63) is 59.2 Å². The van der Waals surface area contributed by atoms with Gasteiger partial charge in [-0.3, -0.25) is 0 Å². The summed E-state index contributed by atoms with van der Waals surface area (Å²) < 4.78 is 68.1. The molecule has 0 saturated heterocycles. The molecule has 28 heavy (non-hydrogen) atoms. The first kappa shape index (κ1) is 19.8. The lowest BCUT2D eigenvalue weighted by atomic mass is 9.89. The van der Waals surface area contributed by atoms with Crippen LogP contribution < -0.4 is 4.74 Å². The van der Waals surface area contributed by atoms with Gasteiger partial charge in [0.25, 0.3) is 9.84 Å². The molecule has 0 unspecified atom stereocenters. The van der Waals surface area contributed by atoms with Crippen molar-refractivity contribution in [1.29, 1.82) is 5.26 Å². The van der Waals surface area contributed by atoms with Crippen LogP contribution in [0.4, 0.5) is 13.2 Å². The van der Waals surface area contributed by atoms with Gasteiger partial charge in [0.15, 0.2) is 0 Å². The summed E-state index contributed by atoms with van der Waals surface area (Å²) in [6.45, 7) is 3.41. The summed E-state index contributed by atoms with van der Waals surface area (Å²) in [6, 6.07) is 8.83. The van der Waals surface area contributed by atoms with E-state index < -0.39 is 25.8 Å². The normalized spacial score (nSPS) is 15.8. The molecule has 0 aliphatic carbocycles. The lowest BCUT2D eigenvalue weighted by molar-refractivity contribution is -0.0436. The Labute approximate surface area is 159 Å². The highest BCUT2D eigenvalue weighted by Crippen LogP contribution is 2.44. The van der Waals surface area contributed by atoms with Crippen LogP contribution in [0.5, 0.6) is 11.5 Å². The number of rotatable bonds is 2. The van der Waals surface area contributed by atoms with E-state index in [1.165, 1.54) is 18.2 Å². The van der Waals surface area contributed by atoms with E-state index in [2.05, 4.69) is 0 Å². The van der Waals surface area contributed by atoms with Crippen molar-refractivity contribution in [2.75, 3.05) is 0 Å². The van der Waals surface area contributed by atoms with Gasteiger partial charge in [-0.15, -0.1) is 0 Å². The zero-order chi connectivity index (χ0) is 20.9. The lowest BCUT2D eigenvalue weighted by Crippen LogP contribution is -2.29. The summed E-state index contributed by atoms with van der Waals surface area (Å²) in [4.78, 5) is -0.930. The van der Waals surface area contributed by atoms with E-state index in [4.69, 9.17) is 10.00 Å². The zero-order valence-electron chi connectivity index (χ0n) is 14.7. The number of nitriles is 1. The van der Waals surface area contributed by atoms with E-state index in [9.17, 15) is 26.7 Å². The molecule has 0 bridgehead atoms. The molecule has 0 aromatic heterocycles. The van der Waals surface area contributed by atoms with Gasteiger partial charge in [-0.05, 0) is 61.9 Å². The minimum Gasteiger partial charge on any atom is -0.507 e. The average molecular weight is 409 g/mol. The summed E-state index contributed by atoms with van der Waals surface area (Å²) in [5, 5.41) is 19.2. The number of alkyl halides is 3. The predicted molar refractivity (Wildman–Crippen MR) is 94.3 cm³/mol. The smallest absolute Gasteiger partial charge is 0.501 e. The van der Waals surface area contributed by atoms with E-state index in [0.29, 0.717) is 5.57 Å². The quantitative estimate of drug-likeness (QED) is 0.805. The van der Waals surface area contributed by atoms with Gasteiger partial charge in [0.2, 0.25) is 0 Å². The van der Waals surface area contributed by atoms with Crippen LogP contribution in [0.15, 0.2) is 47.4 Å². The van der Waals surface area contributed by atoms with Crippen LogP contribution in [-0.2, 0) is 9.84 Å². The van der Waals surface area contributed by atoms with Gasteiger partial charge in [-0.2, -0.15) is 18.4 Å². The molecule has 3 rings (SSSR count). The van der Waals surface area contributed by atoms with Crippen LogP contribution in [0, 0.1) is 11.3 Å². The van der Waals surface area contributed by atoms with Gasteiger partial charge in [-0.25, -0.2) is 8.42 Å². The van der Waals surface area contributed by atoms with Crippen molar-refractivity contribution < 1.29 is 31.4 Å². The lowest BCUT2D eigenvalue weighted by Gasteiger charge is -2.31. The fourth-order valence-corrected chi connectivity index (χ4v) is 3.69. The molecule has 0 atom stereocenters. The number of hydrogen-bond acceptors (Lipinski definition) is 5. The maximum Gasteiger partial charge on any atom is 0.501 e. The number of fused-ring (bicyclic) bond motifs is 1. The summed E-state index contributed by atoms with van der Waals surface area (Å²) in [6.07, 6.45) is 1.57. The van der Waals surface area contributed by atoms with E-state index in [1.54, 1.807) is 19.9 Å². The van der Waals surface area contributed by atoms with Gasteiger partial charge in [-0.1, -0.05) is 0 Å². The molecule has 0 saturated carbocycles. The van der Waals surface area contributed by atoms with Gasteiger partial charge < -0.3 is 9.84 Å². The molecule has 1 N–H and O–H groups in total. The molecular weight excluding hydrogens is 395 g/mol. The Hall–Kier alpha value is -2.99. The summed E-state index contributed by atoms with van der Waals surface area (Å²) in [7, 11) is -5.55. The topological polar surface area (TPSA) is 87.4 Å². The van der Waals surface area contributed by atoms with Crippen LogP contribution in [0.1, 0.15) is 30.5 Å². The van der Waals surface area contributed by atoms with E-state index in [0.717, 1.165) is 18.2 Å². The Morgan fingerprint density at radius 1 is 1.11 bits per heavy atom. The van der Waals surface area contributed by atoms with Crippen molar-refractivity contribution in [1.82, 2.24) is 0 Å². The third-order valence-corrected chi connectivity index (χ3v) is 5.62. The van der Waals surface area contributed by atoms with E-state index in [1.807, 2.05) is 6.07 Å². The molecule has 9 heteroatoms. The third kappa shape index (κ3) is 3.31. The summed E-state index contributed by atoms with van der Waals surface area (Å²) >= 11 is 0. The molecule has 0 radical (unpaired) electrons. The maximum atomic E-state index is 12.9. The maximum absolute atomic E-state index is 12.9. The number of phenolic OH excluding ortho intramolecular Hbond substituents is 1. The number of halogens is 3. The van der Waals surface area contributed by atoms with E-state index >= 15 is 0 Å². The standard InChI is InChI=1S/C19H14F3NO4S/c1-18(2)9-15(13-5-3-11(10-23)7-16(13)24)14-8-12(4-6-17(14)27-18)28(25,26)19(20,21)22/h3-9,24H,1-2H3. The molecule has 0 spiro atoms. The summed E-state index contributed by atoms with van der Waals surface area (Å²) in [5.41, 5.74) is -5.50.